The molecule has 1 fully saturated rings. The van der Waals surface area contributed by atoms with Crippen molar-refractivity contribution in [2.45, 2.75) is 58.7 Å². The van der Waals surface area contributed by atoms with Gasteiger partial charge < -0.3 is 5.32 Å². The van der Waals surface area contributed by atoms with Gasteiger partial charge in [-0.3, -0.25) is 4.90 Å². The third kappa shape index (κ3) is 2.71. The van der Waals surface area contributed by atoms with E-state index >= 15 is 0 Å². The van der Waals surface area contributed by atoms with Gasteiger partial charge >= 0.3 is 0 Å². The average Bonchev–Trinajstić information content (AvgIpc) is 2.43. The van der Waals surface area contributed by atoms with Crippen LogP contribution in [0.3, 0.4) is 0 Å². The summed E-state index contributed by atoms with van der Waals surface area (Å²) in [6, 6.07) is 1.39. The molecule has 0 spiro atoms. The van der Waals surface area contributed by atoms with Crippen LogP contribution < -0.4 is 5.32 Å². The third-order valence-electron chi connectivity index (χ3n) is 3.75. The standard InChI is InChI=1S/C12H26N2/c1-9(2)10(3)14(6)11-7-12(4,5)13-8-11/h9-11,13H,7-8H2,1-6H3. The van der Waals surface area contributed by atoms with Crippen LogP contribution in [0.4, 0.5) is 0 Å². The first kappa shape index (κ1) is 12.0. The Morgan fingerprint density at radius 1 is 1.29 bits per heavy atom. The molecule has 1 aliphatic rings. The second-order valence-corrected chi connectivity index (χ2v) is 5.77. The number of nitrogens with zero attached hydrogens (tertiary/aromatic N) is 1. The van der Waals surface area contributed by atoms with Crippen molar-refractivity contribution in [3.8, 4) is 0 Å². The minimum Gasteiger partial charge on any atom is -0.310 e. The Labute approximate surface area is 89.1 Å². The molecule has 1 N–H and O–H groups in total. The van der Waals surface area contributed by atoms with E-state index in [1.165, 1.54) is 6.42 Å². The lowest BCUT2D eigenvalue weighted by molar-refractivity contribution is 0.153. The smallest absolute Gasteiger partial charge is 0.0238 e. The fourth-order valence-electron chi connectivity index (χ4n) is 2.22. The van der Waals surface area contributed by atoms with Gasteiger partial charge in [-0.15, -0.1) is 0 Å². The summed E-state index contributed by atoms with van der Waals surface area (Å²) in [5.41, 5.74) is 0.329. The summed E-state index contributed by atoms with van der Waals surface area (Å²) in [6.45, 7) is 12.7. The molecule has 0 aromatic heterocycles. The van der Waals surface area contributed by atoms with Crippen molar-refractivity contribution in [3.63, 3.8) is 0 Å². The van der Waals surface area contributed by atoms with Gasteiger partial charge in [0.25, 0.3) is 0 Å². The van der Waals surface area contributed by atoms with E-state index in [-0.39, 0.29) is 0 Å². The van der Waals surface area contributed by atoms with Gasteiger partial charge in [-0.1, -0.05) is 13.8 Å². The molecule has 0 radical (unpaired) electrons. The van der Waals surface area contributed by atoms with Gasteiger partial charge in [0.2, 0.25) is 0 Å². The topological polar surface area (TPSA) is 15.3 Å². The van der Waals surface area contributed by atoms with Crippen LogP contribution in [-0.4, -0.2) is 36.1 Å². The molecular weight excluding hydrogens is 172 g/mol. The summed E-state index contributed by atoms with van der Waals surface area (Å²) in [5.74, 6) is 0.740. The van der Waals surface area contributed by atoms with Crippen molar-refractivity contribution in [1.82, 2.24) is 10.2 Å². The van der Waals surface area contributed by atoms with E-state index in [1.807, 2.05) is 0 Å². The minimum atomic E-state index is 0.329. The number of nitrogens with one attached hydrogen (secondary N) is 1. The highest BCUT2D eigenvalue weighted by molar-refractivity contribution is 4.94. The Kier molecular flexibility index (Phi) is 3.59. The van der Waals surface area contributed by atoms with Crippen molar-refractivity contribution in [1.29, 1.82) is 0 Å². The molecule has 2 nitrogen and oxygen atoms in total. The quantitative estimate of drug-likeness (QED) is 0.747. The second-order valence-electron chi connectivity index (χ2n) is 5.77. The van der Waals surface area contributed by atoms with Crippen LogP contribution >= 0.6 is 0 Å². The Morgan fingerprint density at radius 3 is 2.21 bits per heavy atom. The van der Waals surface area contributed by atoms with Crippen molar-refractivity contribution in [2.24, 2.45) is 5.92 Å². The zero-order valence-electron chi connectivity index (χ0n) is 10.6. The minimum absolute atomic E-state index is 0.329. The van der Waals surface area contributed by atoms with Gasteiger partial charge in [0.1, 0.15) is 0 Å². The largest absolute Gasteiger partial charge is 0.310 e. The third-order valence-corrected chi connectivity index (χ3v) is 3.75. The van der Waals surface area contributed by atoms with Gasteiger partial charge in [0.05, 0.1) is 0 Å². The van der Waals surface area contributed by atoms with Crippen LogP contribution in [-0.2, 0) is 0 Å². The highest BCUT2D eigenvalue weighted by atomic mass is 15.2. The van der Waals surface area contributed by atoms with Crippen molar-refractivity contribution >= 4 is 0 Å². The summed E-state index contributed by atoms with van der Waals surface area (Å²) in [5, 5.41) is 3.58. The Bertz CT molecular complexity index is 187. The summed E-state index contributed by atoms with van der Waals surface area (Å²) in [4.78, 5) is 2.53. The average molecular weight is 198 g/mol. The zero-order valence-corrected chi connectivity index (χ0v) is 10.6. The highest BCUT2D eigenvalue weighted by Crippen LogP contribution is 2.24. The van der Waals surface area contributed by atoms with Gasteiger partial charge in [0, 0.05) is 24.2 Å². The van der Waals surface area contributed by atoms with Gasteiger partial charge in [-0.25, -0.2) is 0 Å². The van der Waals surface area contributed by atoms with Crippen LogP contribution in [0.5, 0.6) is 0 Å². The van der Waals surface area contributed by atoms with Gasteiger partial charge in [0.15, 0.2) is 0 Å². The van der Waals surface area contributed by atoms with E-state index in [1.54, 1.807) is 0 Å². The van der Waals surface area contributed by atoms with E-state index in [0.717, 1.165) is 12.5 Å². The molecule has 2 atom stereocenters. The van der Waals surface area contributed by atoms with Crippen molar-refractivity contribution < 1.29 is 0 Å². The molecular formula is C12H26N2. The first-order chi connectivity index (χ1) is 6.33. The molecule has 1 rings (SSSR count). The SMILES string of the molecule is CC(C)C(C)N(C)C1CNC(C)(C)C1. The van der Waals surface area contributed by atoms with Crippen LogP contribution in [0.15, 0.2) is 0 Å². The van der Waals surface area contributed by atoms with E-state index in [4.69, 9.17) is 0 Å². The molecule has 0 amide bonds. The first-order valence-corrected chi connectivity index (χ1v) is 5.80. The van der Waals surface area contributed by atoms with Crippen LogP contribution in [0.1, 0.15) is 41.0 Å². The van der Waals surface area contributed by atoms with Crippen molar-refractivity contribution in [2.75, 3.05) is 13.6 Å². The lowest BCUT2D eigenvalue weighted by atomic mass is 9.98. The molecule has 0 saturated carbocycles. The van der Waals surface area contributed by atoms with Gasteiger partial charge in [-0.2, -0.15) is 0 Å². The summed E-state index contributed by atoms with van der Waals surface area (Å²) >= 11 is 0. The van der Waals surface area contributed by atoms with Gasteiger partial charge in [-0.05, 0) is 40.2 Å². The lowest BCUT2D eigenvalue weighted by Crippen LogP contribution is -2.42. The molecule has 0 aromatic rings. The van der Waals surface area contributed by atoms with E-state index in [0.29, 0.717) is 17.6 Å². The Balaban J connectivity index is 2.51. The van der Waals surface area contributed by atoms with Crippen molar-refractivity contribution in [3.05, 3.63) is 0 Å². The molecule has 14 heavy (non-hydrogen) atoms. The molecule has 0 aliphatic carbocycles. The molecule has 2 heteroatoms. The molecule has 1 aliphatic heterocycles. The predicted octanol–water partition coefficient (Wildman–Crippen LogP) is 2.10. The zero-order chi connectivity index (χ0) is 10.9. The van der Waals surface area contributed by atoms with E-state index in [2.05, 4.69) is 51.9 Å². The lowest BCUT2D eigenvalue weighted by Gasteiger charge is -2.33. The fraction of sp³-hybridized carbons (Fsp3) is 1.00. The molecule has 0 aromatic carbocycles. The predicted molar refractivity (Wildman–Crippen MR) is 62.5 cm³/mol. The van der Waals surface area contributed by atoms with Crippen LogP contribution in [0.2, 0.25) is 0 Å². The first-order valence-electron chi connectivity index (χ1n) is 5.80. The van der Waals surface area contributed by atoms with Crippen LogP contribution in [0.25, 0.3) is 0 Å². The van der Waals surface area contributed by atoms with Crippen LogP contribution in [0, 0.1) is 5.92 Å². The maximum Gasteiger partial charge on any atom is 0.0238 e. The molecule has 84 valence electrons. The number of likely N-dealkylation sites (N-methyl/N-ethyl adjacent to an activating group) is 1. The monoisotopic (exact) mass is 198 g/mol. The highest BCUT2D eigenvalue weighted by Gasteiger charge is 2.34. The second kappa shape index (κ2) is 4.19. The normalized spacial score (nSPS) is 28.7. The number of hydrogen-bond acceptors (Lipinski definition) is 2. The molecule has 1 heterocycles. The molecule has 0 bridgehead atoms. The maximum atomic E-state index is 3.58. The number of hydrogen-bond donors (Lipinski definition) is 1. The summed E-state index contributed by atoms with van der Waals surface area (Å²) in [7, 11) is 2.26. The van der Waals surface area contributed by atoms with E-state index < -0.39 is 0 Å². The van der Waals surface area contributed by atoms with E-state index in [9.17, 15) is 0 Å². The Morgan fingerprint density at radius 2 is 1.86 bits per heavy atom. The molecule has 1 saturated heterocycles. The fourth-order valence-corrected chi connectivity index (χ4v) is 2.22. The summed E-state index contributed by atoms with van der Waals surface area (Å²) < 4.78 is 0. The maximum absolute atomic E-state index is 3.58. The number of rotatable bonds is 3. The Hall–Kier alpha value is -0.0800. The molecule has 2 unspecified atom stereocenters. The summed E-state index contributed by atoms with van der Waals surface area (Å²) in [6.07, 6.45) is 1.26.